The zero-order valence-electron chi connectivity index (χ0n) is 11.2. The van der Waals surface area contributed by atoms with Crippen LogP contribution < -0.4 is 0 Å². The molecule has 3 rings (SSSR count). The Bertz CT molecular complexity index is 524. The van der Waals surface area contributed by atoms with Gasteiger partial charge in [0, 0.05) is 0 Å². The molecule has 0 spiro atoms. The second-order valence-corrected chi connectivity index (χ2v) is 5.38. The van der Waals surface area contributed by atoms with Gasteiger partial charge in [0.1, 0.15) is 0 Å². The molecule has 2 aromatic carbocycles. The molecule has 0 N–H and O–H groups in total. The molecule has 19 heavy (non-hydrogen) atoms. The molecule has 2 unspecified atom stereocenters. The maximum absolute atomic E-state index is 2.42. The molecular weight excluding hydrogens is 228 g/mol. The van der Waals surface area contributed by atoms with Crippen molar-refractivity contribution in [2.45, 2.75) is 25.2 Å². The minimum atomic E-state index is 0.697. The summed E-state index contributed by atoms with van der Waals surface area (Å²) in [5.41, 5.74) is 2.81. The van der Waals surface area contributed by atoms with Crippen LogP contribution in [0.4, 0.5) is 0 Å². The highest BCUT2D eigenvalue weighted by Crippen LogP contribution is 2.40. The Morgan fingerprint density at radius 1 is 0.789 bits per heavy atom. The van der Waals surface area contributed by atoms with Crippen molar-refractivity contribution in [3.63, 3.8) is 0 Å². The fourth-order valence-electron chi connectivity index (χ4n) is 3.13. The molecule has 2 aromatic rings. The summed E-state index contributed by atoms with van der Waals surface area (Å²) in [7, 11) is 0. The molecule has 0 amide bonds. The molecule has 0 radical (unpaired) electrons. The van der Waals surface area contributed by atoms with E-state index >= 15 is 0 Å². The summed E-state index contributed by atoms with van der Waals surface area (Å²) in [5.74, 6) is 1.41. The minimum absolute atomic E-state index is 0.697. The summed E-state index contributed by atoms with van der Waals surface area (Å²) in [6.45, 7) is 0. The standard InChI is InChI=1S/C19H20/c1-3-8-16(9-4-1)14-15-18-12-7-13-19(18)17-10-5-2-6-11-17/h1-6,8-11,14-15,18-19H,7,12-13H2. The van der Waals surface area contributed by atoms with Gasteiger partial charge >= 0.3 is 0 Å². The van der Waals surface area contributed by atoms with E-state index in [0.717, 1.165) is 0 Å². The van der Waals surface area contributed by atoms with Crippen molar-refractivity contribution in [2.75, 3.05) is 0 Å². The van der Waals surface area contributed by atoms with E-state index in [1.165, 1.54) is 30.4 Å². The van der Waals surface area contributed by atoms with Gasteiger partial charge in [-0.2, -0.15) is 0 Å². The summed E-state index contributed by atoms with van der Waals surface area (Å²) in [6, 6.07) is 21.6. The molecule has 1 aliphatic rings. The lowest BCUT2D eigenvalue weighted by molar-refractivity contribution is 0.593. The van der Waals surface area contributed by atoms with Crippen LogP contribution in [0.5, 0.6) is 0 Å². The second kappa shape index (κ2) is 5.88. The van der Waals surface area contributed by atoms with Gasteiger partial charge in [-0.1, -0.05) is 79.2 Å². The van der Waals surface area contributed by atoms with E-state index in [-0.39, 0.29) is 0 Å². The highest BCUT2D eigenvalue weighted by atomic mass is 14.3. The summed E-state index contributed by atoms with van der Waals surface area (Å²) in [5, 5.41) is 0. The van der Waals surface area contributed by atoms with E-state index in [4.69, 9.17) is 0 Å². The van der Waals surface area contributed by atoms with Crippen molar-refractivity contribution < 1.29 is 0 Å². The molecule has 0 nitrogen and oxygen atoms in total. The van der Waals surface area contributed by atoms with Gasteiger partial charge in [0.25, 0.3) is 0 Å². The molecule has 2 atom stereocenters. The fourth-order valence-corrected chi connectivity index (χ4v) is 3.13. The minimum Gasteiger partial charge on any atom is -0.0802 e. The van der Waals surface area contributed by atoms with Gasteiger partial charge < -0.3 is 0 Å². The van der Waals surface area contributed by atoms with Crippen LogP contribution in [0.15, 0.2) is 66.7 Å². The first-order chi connectivity index (χ1) is 9.43. The first kappa shape index (κ1) is 12.2. The van der Waals surface area contributed by atoms with E-state index in [0.29, 0.717) is 11.8 Å². The fraction of sp³-hybridized carbons (Fsp3) is 0.263. The van der Waals surface area contributed by atoms with E-state index in [1.54, 1.807) is 0 Å². The highest BCUT2D eigenvalue weighted by molar-refractivity contribution is 5.49. The molecule has 0 aromatic heterocycles. The highest BCUT2D eigenvalue weighted by Gasteiger charge is 2.26. The van der Waals surface area contributed by atoms with Crippen LogP contribution in [0.3, 0.4) is 0 Å². The van der Waals surface area contributed by atoms with Crippen molar-refractivity contribution in [2.24, 2.45) is 5.92 Å². The van der Waals surface area contributed by atoms with Gasteiger partial charge in [-0.15, -0.1) is 0 Å². The van der Waals surface area contributed by atoms with Crippen LogP contribution in [-0.4, -0.2) is 0 Å². The number of hydrogen-bond acceptors (Lipinski definition) is 0. The largest absolute Gasteiger partial charge is 0.0802 e. The third-order valence-corrected chi connectivity index (χ3v) is 4.13. The number of benzene rings is 2. The van der Waals surface area contributed by atoms with Crippen LogP contribution in [0, 0.1) is 5.92 Å². The predicted octanol–water partition coefficient (Wildman–Crippen LogP) is 5.28. The monoisotopic (exact) mass is 248 g/mol. The first-order valence-electron chi connectivity index (χ1n) is 7.22. The van der Waals surface area contributed by atoms with Gasteiger partial charge in [-0.3, -0.25) is 0 Å². The van der Waals surface area contributed by atoms with Gasteiger partial charge in [0.15, 0.2) is 0 Å². The molecule has 0 aliphatic heterocycles. The third kappa shape index (κ3) is 2.96. The summed E-state index contributed by atoms with van der Waals surface area (Å²) < 4.78 is 0. The van der Waals surface area contributed by atoms with Gasteiger partial charge in [0.2, 0.25) is 0 Å². The quantitative estimate of drug-likeness (QED) is 0.693. The summed E-state index contributed by atoms with van der Waals surface area (Å²) in [4.78, 5) is 0. The average molecular weight is 248 g/mol. The lowest BCUT2D eigenvalue weighted by Crippen LogP contribution is -2.02. The molecule has 0 heteroatoms. The summed E-state index contributed by atoms with van der Waals surface area (Å²) in [6.07, 6.45) is 8.70. The molecule has 0 bridgehead atoms. The normalized spacial score (nSPS) is 22.9. The lowest BCUT2D eigenvalue weighted by atomic mass is 9.88. The van der Waals surface area contributed by atoms with E-state index < -0.39 is 0 Å². The van der Waals surface area contributed by atoms with Gasteiger partial charge in [-0.25, -0.2) is 0 Å². The lowest BCUT2D eigenvalue weighted by Gasteiger charge is -2.16. The Hall–Kier alpha value is -1.82. The van der Waals surface area contributed by atoms with Gasteiger partial charge in [0.05, 0.1) is 0 Å². The Labute approximate surface area is 115 Å². The van der Waals surface area contributed by atoms with Crippen molar-refractivity contribution in [3.05, 3.63) is 77.9 Å². The zero-order valence-corrected chi connectivity index (χ0v) is 11.2. The molecule has 1 fully saturated rings. The topological polar surface area (TPSA) is 0 Å². The molecular formula is C19H20. The van der Waals surface area contributed by atoms with Crippen molar-refractivity contribution in [3.8, 4) is 0 Å². The Balaban J connectivity index is 1.75. The van der Waals surface area contributed by atoms with Crippen LogP contribution in [0.25, 0.3) is 6.08 Å². The van der Waals surface area contributed by atoms with Crippen LogP contribution in [-0.2, 0) is 0 Å². The predicted molar refractivity (Wildman–Crippen MR) is 82.0 cm³/mol. The first-order valence-corrected chi connectivity index (χ1v) is 7.22. The third-order valence-electron chi connectivity index (χ3n) is 4.13. The molecule has 0 heterocycles. The van der Waals surface area contributed by atoms with E-state index in [2.05, 4.69) is 72.8 Å². The van der Waals surface area contributed by atoms with Crippen LogP contribution >= 0.6 is 0 Å². The number of hydrogen-bond donors (Lipinski definition) is 0. The SMILES string of the molecule is C(=CC1CCCC1c1ccccc1)c1ccccc1. The Kier molecular flexibility index (Phi) is 3.78. The van der Waals surface area contributed by atoms with E-state index in [1.807, 2.05) is 0 Å². The Morgan fingerprint density at radius 3 is 2.21 bits per heavy atom. The number of rotatable bonds is 3. The molecule has 0 saturated heterocycles. The van der Waals surface area contributed by atoms with Crippen molar-refractivity contribution in [1.82, 2.24) is 0 Å². The van der Waals surface area contributed by atoms with Crippen LogP contribution in [0.1, 0.15) is 36.3 Å². The number of allylic oxidation sites excluding steroid dienone is 1. The summed E-state index contributed by atoms with van der Waals surface area (Å²) >= 11 is 0. The zero-order chi connectivity index (χ0) is 12.9. The molecule has 96 valence electrons. The smallest absolute Gasteiger partial charge is 0.00989 e. The van der Waals surface area contributed by atoms with Crippen LogP contribution in [0.2, 0.25) is 0 Å². The maximum atomic E-state index is 2.42. The van der Waals surface area contributed by atoms with E-state index in [9.17, 15) is 0 Å². The van der Waals surface area contributed by atoms with Crippen molar-refractivity contribution >= 4 is 6.08 Å². The maximum Gasteiger partial charge on any atom is -0.00989 e. The average Bonchev–Trinajstić information content (AvgIpc) is 2.95. The van der Waals surface area contributed by atoms with Crippen molar-refractivity contribution in [1.29, 1.82) is 0 Å². The Morgan fingerprint density at radius 2 is 1.47 bits per heavy atom. The molecule has 1 aliphatic carbocycles. The second-order valence-electron chi connectivity index (χ2n) is 5.38. The molecule has 1 saturated carbocycles. The van der Waals surface area contributed by atoms with Gasteiger partial charge in [-0.05, 0) is 35.8 Å².